The fourth-order valence-electron chi connectivity index (χ4n) is 2.06. The van der Waals surface area contributed by atoms with Crippen molar-refractivity contribution < 1.29 is 5.11 Å². The summed E-state index contributed by atoms with van der Waals surface area (Å²) in [5, 5.41) is 12.5. The number of nitrogens with zero attached hydrogens (tertiary/aromatic N) is 1. The van der Waals surface area contributed by atoms with E-state index in [0.29, 0.717) is 14.2 Å². The Labute approximate surface area is 124 Å². The predicted molar refractivity (Wildman–Crippen MR) is 80.1 cm³/mol. The highest BCUT2D eigenvalue weighted by atomic mass is 35.5. The van der Waals surface area contributed by atoms with Gasteiger partial charge in [0.2, 0.25) is 0 Å². The second-order valence-electron chi connectivity index (χ2n) is 4.13. The number of aliphatic hydroxyl groups excluding tert-OH is 1. The van der Waals surface area contributed by atoms with Crippen LogP contribution in [0, 0.1) is 0 Å². The molecule has 0 aliphatic rings. The summed E-state index contributed by atoms with van der Waals surface area (Å²) in [5.41, 5.74) is 1.35. The molecule has 0 spiro atoms. The Balaban J connectivity index is 2.16. The first kappa shape index (κ1) is 12.9. The van der Waals surface area contributed by atoms with Gasteiger partial charge in [-0.25, -0.2) is 0 Å². The quantitative estimate of drug-likeness (QED) is 0.745. The standard InChI is InChI=1S/C14H9Cl2NOS/c15-12-5-10(14(16)19-12)13(18)11-7-17-6-8-3-1-2-4-9(8)11/h1-7,13,18H. The molecule has 1 N–H and O–H groups in total. The SMILES string of the molecule is OC(c1cc(Cl)sc1Cl)c1cncc2ccccc12. The van der Waals surface area contributed by atoms with E-state index in [0.717, 1.165) is 16.3 Å². The van der Waals surface area contributed by atoms with Gasteiger partial charge in [0.25, 0.3) is 0 Å². The van der Waals surface area contributed by atoms with Crippen LogP contribution >= 0.6 is 34.5 Å². The summed E-state index contributed by atoms with van der Waals surface area (Å²) in [5.74, 6) is 0. The minimum absolute atomic E-state index is 0.505. The molecule has 1 aromatic carbocycles. The topological polar surface area (TPSA) is 33.1 Å². The summed E-state index contributed by atoms with van der Waals surface area (Å²) >= 11 is 13.3. The van der Waals surface area contributed by atoms with E-state index in [1.807, 2.05) is 24.3 Å². The molecule has 19 heavy (non-hydrogen) atoms. The van der Waals surface area contributed by atoms with Crippen molar-refractivity contribution in [2.45, 2.75) is 6.10 Å². The van der Waals surface area contributed by atoms with E-state index < -0.39 is 6.10 Å². The zero-order valence-corrected chi connectivity index (χ0v) is 12.0. The van der Waals surface area contributed by atoms with Crippen LogP contribution in [0.1, 0.15) is 17.2 Å². The van der Waals surface area contributed by atoms with Gasteiger partial charge >= 0.3 is 0 Å². The van der Waals surface area contributed by atoms with Crippen molar-refractivity contribution >= 4 is 45.3 Å². The van der Waals surface area contributed by atoms with Gasteiger partial charge < -0.3 is 5.11 Å². The van der Waals surface area contributed by atoms with Gasteiger partial charge in [-0.05, 0) is 11.5 Å². The van der Waals surface area contributed by atoms with E-state index in [9.17, 15) is 5.11 Å². The highest BCUT2D eigenvalue weighted by Gasteiger charge is 2.19. The maximum atomic E-state index is 10.5. The minimum atomic E-state index is -0.824. The molecule has 0 bridgehead atoms. The van der Waals surface area contributed by atoms with Gasteiger partial charge in [0, 0.05) is 28.9 Å². The Hall–Kier alpha value is -1.13. The third-order valence-corrected chi connectivity index (χ3v) is 4.49. The second-order valence-corrected chi connectivity index (χ2v) is 6.42. The van der Waals surface area contributed by atoms with Crippen LogP contribution in [-0.4, -0.2) is 10.1 Å². The van der Waals surface area contributed by atoms with Crippen molar-refractivity contribution in [2.75, 3.05) is 0 Å². The Bertz CT molecular complexity index is 736. The van der Waals surface area contributed by atoms with Crippen LogP contribution in [0.15, 0.2) is 42.7 Å². The number of aliphatic hydroxyl groups is 1. The number of pyridine rings is 1. The number of rotatable bonds is 2. The Morgan fingerprint density at radius 2 is 1.89 bits per heavy atom. The van der Waals surface area contributed by atoms with E-state index >= 15 is 0 Å². The van der Waals surface area contributed by atoms with Crippen molar-refractivity contribution in [1.29, 1.82) is 0 Å². The minimum Gasteiger partial charge on any atom is -0.383 e. The molecule has 0 amide bonds. The zero-order valence-electron chi connectivity index (χ0n) is 9.68. The third kappa shape index (κ3) is 2.35. The molecule has 2 aromatic heterocycles. The molecule has 1 unspecified atom stereocenters. The van der Waals surface area contributed by atoms with Gasteiger partial charge in [0.05, 0.1) is 4.34 Å². The van der Waals surface area contributed by atoms with Crippen molar-refractivity contribution in [1.82, 2.24) is 4.98 Å². The summed E-state index contributed by atoms with van der Waals surface area (Å²) in [4.78, 5) is 4.16. The molecule has 0 saturated heterocycles. The van der Waals surface area contributed by atoms with Crippen LogP contribution in [0.3, 0.4) is 0 Å². The van der Waals surface area contributed by atoms with E-state index in [2.05, 4.69) is 4.98 Å². The Morgan fingerprint density at radius 1 is 1.11 bits per heavy atom. The predicted octanol–water partition coefficient (Wildman–Crippen LogP) is 4.68. The van der Waals surface area contributed by atoms with Crippen molar-refractivity contribution in [3.05, 3.63) is 62.5 Å². The molecule has 0 saturated carbocycles. The number of halogens is 2. The summed E-state index contributed by atoms with van der Waals surface area (Å²) in [6.07, 6.45) is 2.61. The molecular weight excluding hydrogens is 301 g/mol. The molecule has 1 atom stereocenters. The lowest BCUT2D eigenvalue weighted by molar-refractivity contribution is 0.222. The van der Waals surface area contributed by atoms with Gasteiger partial charge in [0.1, 0.15) is 10.4 Å². The Kier molecular flexibility index (Phi) is 3.46. The van der Waals surface area contributed by atoms with Crippen LogP contribution in [-0.2, 0) is 0 Å². The van der Waals surface area contributed by atoms with E-state index in [1.165, 1.54) is 11.3 Å². The van der Waals surface area contributed by atoms with Crippen LogP contribution in [0.4, 0.5) is 0 Å². The maximum absolute atomic E-state index is 10.5. The molecule has 0 aliphatic carbocycles. The van der Waals surface area contributed by atoms with Gasteiger partial charge in [-0.3, -0.25) is 4.98 Å². The molecule has 0 radical (unpaired) electrons. The van der Waals surface area contributed by atoms with Crippen molar-refractivity contribution in [3.63, 3.8) is 0 Å². The largest absolute Gasteiger partial charge is 0.383 e. The molecule has 5 heteroatoms. The van der Waals surface area contributed by atoms with Gasteiger partial charge in [-0.1, -0.05) is 47.5 Å². The van der Waals surface area contributed by atoms with E-state index in [-0.39, 0.29) is 0 Å². The van der Waals surface area contributed by atoms with Gasteiger partial charge in [0.15, 0.2) is 0 Å². The number of fused-ring (bicyclic) bond motifs is 1. The fraction of sp³-hybridized carbons (Fsp3) is 0.0714. The molecule has 2 nitrogen and oxygen atoms in total. The highest BCUT2D eigenvalue weighted by Crippen LogP contribution is 2.38. The van der Waals surface area contributed by atoms with E-state index in [1.54, 1.807) is 18.5 Å². The van der Waals surface area contributed by atoms with Crippen LogP contribution in [0.25, 0.3) is 10.8 Å². The lowest BCUT2D eigenvalue weighted by Crippen LogP contribution is -2.00. The lowest BCUT2D eigenvalue weighted by Gasteiger charge is -2.12. The Morgan fingerprint density at radius 3 is 2.63 bits per heavy atom. The van der Waals surface area contributed by atoms with Gasteiger partial charge in [-0.2, -0.15) is 0 Å². The first-order valence-corrected chi connectivity index (χ1v) is 7.19. The average Bonchev–Trinajstić information content (AvgIpc) is 2.76. The molecule has 3 rings (SSSR count). The molecule has 3 aromatic rings. The first-order valence-electron chi connectivity index (χ1n) is 5.62. The zero-order chi connectivity index (χ0) is 13.4. The summed E-state index contributed by atoms with van der Waals surface area (Å²) < 4.78 is 1.07. The molecular formula is C14H9Cl2NOS. The summed E-state index contributed by atoms with van der Waals surface area (Å²) in [6.45, 7) is 0. The van der Waals surface area contributed by atoms with E-state index in [4.69, 9.17) is 23.2 Å². The van der Waals surface area contributed by atoms with Crippen molar-refractivity contribution in [3.8, 4) is 0 Å². The summed E-state index contributed by atoms with van der Waals surface area (Å²) in [7, 11) is 0. The highest BCUT2D eigenvalue weighted by molar-refractivity contribution is 7.20. The average molecular weight is 310 g/mol. The van der Waals surface area contributed by atoms with Crippen molar-refractivity contribution in [2.24, 2.45) is 0 Å². The smallest absolute Gasteiger partial charge is 0.108 e. The number of benzene rings is 1. The first-order chi connectivity index (χ1) is 9.16. The number of hydrogen-bond donors (Lipinski definition) is 1. The number of hydrogen-bond acceptors (Lipinski definition) is 3. The third-order valence-electron chi connectivity index (χ3n) is 2.97. The second kappa shape index (κ2) is 5.10. The molecule has 96 valence electrons. The number of thiophene rings is 1. The normalized spacial score (nSPS) is 12.8. The van der Waals surface area contributed by atoms with Crippen LogP contribution in [0.2, 0.25) is 8.67 Å². The van der Waals surface area contributed by atoms with Crippen LogP contribution in [0.5, 0.6) is 0 Å². The molecule has 0 aliphatic heterocycles. The lowest BCUT2D eigenvalue weighted by atomic mass is 10.00. The molecule has 0 fully saturated rings. The van der Waals surface area contributed by atoms with Crippen LogP contribution < -0.4 is 0 Å². The number of aromatic nitrogens is 1. The molecule has 2 heterocycles. The monoisotopic (exact) mass is 309 g/mol. The summed E-state index contributed by atoms with van der Waals surface area (Å²) in [6, 6.07) is 9.48. The van der Waals surface area contributed by atoms with Gasteiger partial charge in [-0.15, -0.1) is 11.3 Å². The maximum Gasteiger partial charge on any atom is 0.108 e. The fourth-order valence-corrected chi connectivity index (χ4v) is 3.58.